The molecule has 2 amide bonds. The van der Waals surface area contributed by atoms with Crippen LogP contribution in [0.5, 0.6) is 0 Å². The van der Waals surface area contributed by atoms with E-state index in [9.17, 15) is 14.4 Å². The number of anilines is 1. The largest absolute Gasteiger partial charge is 0.478 e. The molecule has 0 bridgehead atoms. The third kappa shape index (κ3) is 5.31. The molecule has 2 rings (SSSR count). The first-order valence-electron chi connectivity index (χ1n) is 8.09. The van der Waals surface area contributed by atoms with Gasteiger partial charge in [-0.25, -0.2) is 4.79 Å². The number of carbonyl (C=O) groups is 3. The quantitative estimate of drug-likeness (QED) is 0.696. The van der Waals surface area contributed by atoms with Crippen molar-refractivity contribution in [1.29, 1.82) is 0 Å². The number of carbonyl (C=O) groups excluding carboxylic acids is 2. The molecule has 0 fully saturated rings. The van der Waals surface area contributed by atoms with Crippen LogP contribution in [0.4, 0.5) is 5.69 Å². The lowest BCUT2D eigenvalue weighted by molar-refractivity contribution is -0.111. The summed E-state index contributed by atoms with van der Waals surface area (Å²) in [4.78, 5) is 35.0. The number of para-hydroxylation sites is 1. The molecule has 0 saturated heterocycles. The molecule has 26 heavy (non-hydrogen) atoms. The fourth-order valence-corrected chi connectivity index (χ4v) is 2.22. The van der Waals surface area contributed by atoms with Crippen LogP contribution in [0, 0.1) is 0 Å². The maximum Gasteiger partial charge on any atom is 0.337 e. The Balaban J connectivity index is 2.02. The molecular formula is C20H20N2O4. The SMILES string of the molecule is CC(C)NC(=O)c1ccc(C=CC(=O)Nc2ccccc2C(=O)O)cc1. The summed E-state index contributed by atoms with van der Waals surface area (Å²) in [5.74, 6) is -1.71. The van der Waals surface area contributed by atoms with E-state index in [-0.39, 0.29) is 23.2 Å². The first kappa shape index (κ1) is 18.9. The minimum Gasteiger partial charge on any atom is -0.478 e. The molecule has 0 atom stereocenters. The molecule has 0 radical (unpaired) electrons. The number of amides is 2. The van der Waals surface area contributed by atoms with E-state index in [4.69, 9.17) is 5.11 Å². The fourth-order valence-electron chi connectivity index (χ4n) is 2.22. The van der Waals surface area contributed by atoms with Crippen molar-refractivity contribution in [2.45, 2.75) is 19.9 Å². The van der Waals surface area contributed by atoms with Gasteiger partial charge in [0.15, 0.2) is 0 Å². The van der Waals surface area contributed by atoms with Gasteiger partial charge in [-0.2, -0.15) is 0 Å². The van der Waals surface area contributed by atoms with E-state index in [0.717, 1.165) is 5.56 Å². The number of carboxylic acids is 1. The molecule has 0 saturated carbocycles. The van der Waals surface area contributed by atoms with E-state index in [1.54, 1.807) is 42.5 Å². The summed E-state index contributed by atoms with van der Waals surface area (Å²) in [5.41, 5.74) is 1.54. The van der Waals surface area contributed by atoms with E-state index >= 15 is 0 Å². The monoisotopic (exact) mass is 352 g/mol. The number of benzene rings is 2. The highest BCUT2D eigenvalue weighted by molar-refractivity contribution is 6.06. The maximum atomic E-state index is 12.0. The second kappa shape index (κ2) is 8.62. The molecule has 0 aliphatic heterocycles. The number of hydrogen-bond acceptors (Lipinski definition) is 3. The molecule has 0 unspecified atom stereocenters. The molecule has 6 nitrogen and oxygen atoms in total. The molecule has 134 valence electrons. The average Bonchev–Trinajstić information content (AvgIpc) is 2.60. The molecule has 0 spiro atoms. The highest BCUT2D eigenvalue weighted by Gasteiger charge is 2.10. The average molecular weight is 352 g/mol. The van der Waals surface area contributed by atoms with Crippen LogP contribution in [0.15, 0.2) is 54.6 Å². The van der Waals surface area contributed by atoms with Gasteiger partial charge in [-0.05, 0) is 49.8 Å². The Hall–Kier alpha value is -3.41. The number of rotatable bonds is 6. The zero-order valence-electron chi connectivity index (χ0n) is 14.5. The van der Waals surface area contributed by atoms with Crippen molar-refractivity contribution in [2.75, 3.05) is 5.32 Å². The van der Waals surface area contributed by atoms with Gasteiger partial charge in [0, 0.05) is 17.7 Å². The first-order chi connectivity index (χ1) is 12.4. The minimum atomic E-state index is -1.11. The number of aromatic carboxylic acids is 1. The summed E-state index contributed by atoms with van der Waals surface area (Å²) < 4.78 is 0. The fraction of sp³-hybridized carbons (Fsp3) is 0.150. The van der Waals surface area contributed by atoms with E-state index in [2.05, 4.69) is 10.6 Å². The lowest BCUT2D eigenvalue weighted by atomic mass is 10.1. The van der Waals surface area contributed by atoms with Gasteiger partial charge in [-0.1, -0.05) is 24.3 Å². The Labute approximate surface area is 151 Å². The van der Waals surface area contributed by atoms with Crippen LogP contribution in [0.1, 0.15) is 40.1 Å². The summed E-state index contributed by atoms with van der Waals surface area (Å²) in [6, 6.07) is 13.0. The predicted molar refractivity (Wildman–Crippen MR) is 100 cm³/mol. The summed E-state index contributed by atoms with van der Waals surface area (Å²) in [6.07, 6.45) is 2.89. The second-order valence-corrected chi connectivity index (χ2v) is 5.92. The number of nitrogens with one attached hydrogen (secondary N) is 2. The van der Waals surface area contributed by atoms with E-state index in [0.29, 0.717) is 5.56 Å². The van der Waals surface area contributed by atoms with Gasteiger partial charge < -0.3 is 15.7 Å². The molecule has 0 aromatic heterocycles. The van der Waals surface area contributed by atoms with Gasteiger partial charge in [0.1, 0.15) is 0 Å². The van der Waals surface area contributed by atoms with Crippen molar-refractivity contribution in [3.05, 3.63) is 71.3 Å². The lowest BCUT2D eigenvalue weighted by Gasteiger charge is -2.08. The Kier molecular flexibility index (Phi) is 6.27. The van der Waals surface area contributed by atoms with Crippen LogP contribution < -0.4 is 10.6 Å². The van der Waals surface area contributed by atoms with Crippen LogP contribution in [-0.4, -0.2) is 28.9 Å². The molecule has 0 heterocycles. The Morgan fingerprint density at radius 2 is 1.65 bits per heavy atom. The summed E-state index contributed by atoms with van der Waals surface area (Å²) in [6.45, 7) is 3.77. The van der Waals surface area contributed by atoms with Crippen molar-refractivity contribution in [1.82, 2.24) is 5.32 Å². The summed E-state index contributed by atoms with van der Waals surface area (Å²) in [7, 11) is 0. The highest BCUT2D eigenvalue weighted by atomic mass is 16.4. The molecule has 0 aliphatic rings. The summed E-state index contributed by atoms with van der Waals surface area (Å²) >= 11 is 0. The third-order valence-corrected chi connectivity index (χ3v) is 3.44. The van der Waals surface area contributed by atoms with E-state index in [1.165, 1.54) is 18.2 Å². The highest BCUT2D eigenvalue weighted by Crippen LogP contribution is 2.15. The van der Waals surface area contributed by atoms with Gasteiger partial charge in [-0.15, -0.1) is 0 Å². The Bertz CT molecular complexity index is 839. The van der Waals surface area contributed by atoms with Crippen molar-refractivity contribution in [2.24, 2.45) is 0 Å². The van der Waals surface area contributed by atoms with Gasteiger partial charge in [-0.3, -0.25) is 9.59 Å². The first-order valence-corrected chi connectivity index (χ1v) is 8.09. The Morgan fingerprint density at radius 3 is 2.27 bits per heavy atom. The Morgan fingerprint density at radius 1 is 1.00 bits per heavy atom. The molecule has 3 N–H and O–H groups in total. The predicted octanol–water partition coefficient (Wildman–Crippen LogP) is 3.17. The minimum absolute atomic E-state index is 0.0229. The molecular weight excluding hydrogens is 332 g/mol. The second-order valence-electron chi connectivity index (χ2n) is 5.92. The van der Waals surface area contributed by atoms with Crippen LogP contribution in [0.3, 0.4) is 0 Å². The third-order valence-electron chi connectivity index (χ3n) is 3.44. The number of hydrogen-bond donors (Lipinski definition) is 3. The topological polar surface area (TPSA) is 95.5 Å². The smallest absolute Gasteiger partial charge is 0.337 e. The normalized spacial score (nSPS) is 10.7. The zero-order valence-corrected chi connectivity index (χ0v) is 14.5. The molecule has 6 heteroatoms. The zero-order chi connectivity index (χ0) is 19.1. The van der Waals surface area contributed by atoms with Gasteiger partial charge in [0.25, 0.3) is 5.91 Å². The van der Waals surface area contributed by atoms with Crippen molar-refractivity contribution < 1.29 is 19.5 Å². The van der Waals surface area contributed by atoms with Crippen LogP contribution in [0.25, 0.3) is 6.08 Å². The molecule has 0 aliphatic carbocycles. The van der Waals surface area contributed by atoms with Gasteiger partial charge >= 0.3 is 5.97 Å². The van der Waals surface area contributed by atoms with Crippen molar-refractivity contribution >= 4 is 29.5 Å². The van der Waals surface area contributed by atoms with Crippen molar-refractivity contribution in [3.63, 3.8) is 0 Å². The standard InChI is InChI=1S/C20H20N2O4/c1-13(2)21-19(24)15-10-7-14(8-11-15)9-12-18(23)22-17-6-4-3-5-16(17)20(25)26/h3-13H,1-2H3,(H,21,24)(H,22,23)(H,25,26). The lowest BCUT2D eigenvalue weighted by Crippen LogP contribution is -2.29. The van der Waals surface area contributed by atoms with Gasteiger partial charge in [0.2, 0.25) is 5.91 Å². The van der Waals surface area contributed by atoms with Crippen LogP contribution in [-0.2, 0) is 4.79 Å². The van der Waals surface area contributed by atoms with Crippen molar-refractivity contribution in [3.8, 4) is 0 Å². The molecule has 2 aromatic carbocycles. The summed E-state index contributed by atoms with van der Waals surface area (Å²) in [5, 5.41) is 14.5. The number of carboxylic acid groups (broad SMARTS) is 1. The maximum absolute atomic E-state index is 12.0. The molecule has 2 aromatic rings. The van der Waals surface area contributed by atoms with E-state index < -0.39 is 11.9 Å². The van der Waals surface area contributed by atoms with E-state index in [1.807, 2.05) is 13.8 Å². The van der Waals surface area contributed by atoms with Crippen LogP contribution in [0.2, 0.25) is 0 Å². The van der Waals surface area contributed by atoms with Crippen LogP contribution >= 0.6 is 0 Å². The van der Waals surface area contributed by atoms with Gasteiger partial charge in [0.05, 0.1) is 11.3 Å².